The SMILES string of the molecule is OCC(Cc1cc(F)cc(F)c1)c1ccccc1Cl. The van der Waals surface area contributed by atoms with Gasteiger partial charge in [0.05, 0.1) is 6.61 Å². The van der Waals surface area contributed by atoms with Gasteiger partial charge in [0.1, 0.15) is 11.6 Å². The number of benzene rings is 2. The van der Waals surface area contributed by atoms with Gasteiger partial charge in [-0.1, -0.05) is 29.8 Å². The molecular formula is C15H13ClF2O. The van der Waals surface area contributed by atoms with Gasteiger partial charge in [0.25, 0.3) is 0 Å². The van der Waals surface area contributed by atoms with Gasteiger partial charge in [0.2, 0.25) is 0 Å². The second kappa shape index (κ2) is 6.13. The molecule has 0 aliphatic rings. The Labute approximate surface area is 115 Å². The Morgan fingerprint density at radius 2 is 1.68 bits per heavy atom. The molecule has 0 aliphatic carbocycles. The van der Waals surface area contributed by atoms with Crippen molar-refractivity contribution in [2.75, 3.05) is 6.61 Å². The molecule has 0 bridgehead atoms. The Kier molecular flexibility index (Phi) is 4.51. The zero-order valence-corrected chi connectivity index (χ0v) is 10.9. The molecule has 0 radical (unpaired) electrons. The molecular weight excluding hydrogens is 270 g/mol. The average molecular weight is 283 g/mol. The topological polar surface area (TPSA) is 20.2 Å². The van der Waals surface area contributed by atoms with Gasteiger partial charge in [-0.25, -0.2) is 8.78 Å². The first-order valence-corrected chi connectivity index (χ1v) is 6.28. The van der Waals surface area contributed by atoms with Crippen molar-refractivity contribution < 1.29 is 13.9 Å². The van der Waals surface area contributed by atoms with Gasteiger partial charge in [-0.05, 0) is 35.7 Å². The minimum Gasteiger partial charge on any atom is -0.396 e. The molecule has 0 aromatic heterocycles. The van der Waals surface area contributed by atoms with Gasteiger partial charge in [-0.3, -0.25) is 0 Å². The second-order valence-corrected chi connectivity index (χ2v) is 4.79. The molecule has 0 amide bonds. The van der Waals surface area contributed by atoms with Crippen LogP contribution in [0, 0.1) is 11.6 Å². The summed E-state index contributed by atoms with van der Waals surface area (Å²) < 4.78 is 26.3. The van der Waals surface area contributed by atoms with Crippen molar-refractivity contribution in [2.24, 2.45) is 0 Å². The Morgan fingerprint density at radius 1 is 1.05 bits per heavy atom. The third-order valence-electron chi connectivity index (χ3n) is 2.97. The van der Waals surface area contributed by atoms with Crippen molar-refractivity contribution in [3.8, 4) is 0 Å². The molecule has 0 fully saturated rings. The van der Waals surface area contributed by atoms with Crippen LogP contribution in [0.5, 0.6) is 0 Å². The number of halogens is 3. The van der Waals surface area contributed by atoms with E-state index in [1.807, 2.05) is 6.07 Å². The molecule has 0 saturated heterocycles. The van der Waals surface area contributed by atoms with Gasteiger partial charge in [0.15, 0.2) is 0 Å². The Morgan fingerprint density at radius 3 is 2.26 bits per heavy atom. The summed E-state index contributed by atoms with van der Waals surface area (Å²) in [7, 11) is 0. The summed E-state index contributed by atoms with van der Waals surface area (Å²) in [4.78, 5) is 0. The first-order valence-electron chi connectivity index (χ1n) is 5.90. The van der Waals surface area contributed by atoms with E-state index in [0.717, 1.165) is 11.6 Å². The molecule has 0 heterocycles. The lowest BCUT2D eigenvalue weighted by atomic mass is 9.92. The number of aliphatic hydroxyl groups is 1. The van der Waals surface area contributed by atoms with E-state index in [-0.39, 0.29) is 12.5 Å². The Hall–Kier alpha value is -1.45. The highest BCUT2D eigenvalue weighted by molar-refractivity contribution is 6.31. The number of hydrogen-bond donors (Lipinski definition) is 1. The van der Waals surface area contributed by atoms with Crippen LogP contribution in [0.3, 0.4) is 0 Å². The largest absolute Gasteiger partial charge is 0.396 e. The normalized spacial score (nSPS) is 12.4. The summed E-state index contributed by atoms with van der Waals surface area (Å²) >= 11 is 6.07. The van der Waals surface area contributed by atoms with Gasteiger partial charge < -0.3 is 5.11 Å². The van der Waals surface area contributed by atoms with Crippen LogP contribution in [0.25, 0.3) is 0 Å². The molecule has 1 nitrogen and oxygen atoms in total. The van der Waals surface area contributed by atoms with Crippen molar-refractivity contribution in [3.05, 3.63) is 70.2 Å². The van der Waals surface area contributed by atoms with Crippen LogP contribution < -0.4 is 0 Å². The molecule has 0 aliphatic heterocycles. The van der Waals surface area contributed by atoms with Crippen molar-refractivity contribution in [2.45, 2.75) is 12.3 Å². The summed E-state index contributed by atoms with van der Waals surface area (Å²) in [5, 5.41) is 10.00. The lowest BCUT2D eigenvalue weighted by Crippen LogP contribution is -2.09. The smallest absolute Gasteiger partial charge is 0.126 e. The highest BCUT2D eigenvalue weighted by Gasteiger charge is 2.15. The molecule has 0 spiro atoms. The number of rotatable bonds is 4. The second-order valence-electron chi connectivity index (χ2n) is 4.38. The highest BCUT2D eigenvalue weighted by Crippen LogP contribution is 2.27. The van der Waals surface area contributed by atoms with E-state index in [2.05, 4.69) is 0 Å². The van der Waals surface area contributed by atoms with E-state index in [1.165, 1.54) is 12.1 Å². The Bertz CT molecular complexity index is 552. The first kappa shape index (κ1) is 14.0. The third kappa shape index (κ3) is 3.52. The molecule has 2 aromatic rings. The maximum absolute atomic E-state index is 13.1. The van der Waals surface area contributed by atoms with E-state index in [4.69, 9.17) is 11.6 Å². The molecule has 0 saturated carbocycles. The molecule has 100 valence electrons. The van der Waals surface area contributed by atoms with E-state index in [1.54, 1.807) is 18.2 Å². The fraction of sp³-hybridized carbons (Fsp3) is 0.200. The van der Waals surface area contributed by atoms with Crippen LogP contribution in [0.1, 0.15) is 17.0 Å². The van der Waals surface area contributed by atoms with Crippen molar-refractivity contribution in [1.29, 1.82) is 0 Å². The molecule has 1 N–H and O–H groups in total. The predicted molar refractivity (Wildman–Crippen MR) is 71.3 cm³/mol. The first-order chi connectivity index (χ1) is 9.10. The third-order valence-corrected chi connectivity index (χ3v) is 3.31. The summed E-state index contributed by atoms with van der Waals surface area (Å²) in [5.74, 6) is -1.52. The lowest BCUT2D eigenvalue weighted by molar-refractivity contribution is 0.264. The van der Waals surface area contributed by atoms with Crippen LogP contribution in [0.2, 0.25) is 5.02 Å². The van der Waals surface area contributed by atoms with Crippen LogP contribution in [0.15, 0.2) is 42.5 Å². The molecule has 1 unspecified atom stereocenters. The number of aliphatic hydroxyl groups excluding tert-OH is 1. The van der Waals surface area contributed by atoms with Gasteiger partial charge in [0, 0.05) is 17.0 Å². The maximum Gasteiger partial charge on any atom is 0.126 e. The molecule has 1 atom stereocenters. The quantitative estimate of drug-likeness (QED) is 0.901. The minimum absolute atomic E-state index is 0.137. The van der Waals surface area contributed by atoms with Crippen LogP contribution in [0.4, 0.5) is 8.78 Å². The average Bonchev–Trinajstić information content (AvgIpc) is 2.36. The Balaban J connectivity index is 2.26. The highest BCUT2D eigenvalue weighted by atomic mass is 35.5. The summed E-state index contributed by atoms with van der Waals surface area (Å²) in [6, 6.07) is 10.5. The molecule has 19 heavy (non-hydrogen) atoms. The van der Waals surface area contributed by atoms with Gasteiger partial charge in [-0.2, -0.15) is 0 Å². The molecule has 2 rings (SSSR count). The van der Waals surface area contributed by atoms with Gasteiger partial charge in [-0.15, -0.1) is 0 Å². The maximum atomic E-state index is 13.1. The fourth-order valence-corrected chi connectivity index (χ4v) is 2.38. The molecule has 4 heteroatoms. The van der Waals surface area contributed by atoms with Crippen molar-refractivity contribution >= 4 is 11.6 Å². The lowest BCUT2D eigenvalue weighted by Gasteiger charge is -2.16. The van der Waals surface area contributed by atoms with Crippen molar-refractivity contribution in [1.82, 2.24) is 0 Å². The summed E-state index contributed by atoms with van der Waals surface area (Å²) in [6.07, 6.45) is 0.328. The monoisotopic (exact) mass is 282 g/mol. The van der Waals surface area contributed by atoms with Gasteiger partial charge >= 0.3 is 0 Å². The minimum atomic E-state index is -0.620. The molecule has 2 aromatic carbocycles. The zero-order chi connectivity index (χ0) is 13.8. The predicted octanol–water partition coefficient (Wildman–Crippen LogP) is 3.94. The van der Waals surface area contributed by atoms with E-state index >= 15 is 0 Å². The van der Waals surface area contributed by atoms with Crippen LogP contribution in [-0.2, 0) is 6.42 Å². The van der Waals surface area contributed by atoms with E-state index in [0.29, 0.717) is 17.0 Å². The van der Waals surface area contributed by atoms with E-state index in [9.17, 15) is 13.9 Å². The van der Waals surface area contributed by atoms with E-state index < -0.39 is 11.6 Å². The fourth-order valence-electron chi connectivity index (χ4n) is 2.09. The standard InChI is InChI=1S/C15H13ClF2O/c16-15-4-2-1-3-14(15)11(9-19)5-10-6-12(17)8-13(18)7-10/h1-4,6-8,11,19H,5,9H2. The van der Waals surface area contributed by atoms with Crippen LogP contribution in [-0.4, -0.2) is 11.7 Å². The van der Waals surface area contributed by atoms with Crippen molar-refractivity contribution in [3.63, 3.8) is 0 Å². The van der Waals surface area contributed by atoms with Crippen LogP contribution >= 0.6 is 11.6 Å². The summed E-state index contributed by atoms with van der Waals surface area (Å²) in [5.41, 5.74) is 1.27. The zero-order valence-electron chi connectivity index (χ0n) is 10.1. The summed E-state index contributed by atoms with van der Waals surface area (Å²) in [6.45, 7) is -0.137. The number of hydrogen-bond acceptors (Lipinski definition) is 1.